The van der Waals surface area contributed by atoms with Crippen molar-refractivity contribution in [3.63, 3.8) is 0 Å². The van der Waals surface area contributed by atoms with Gasteiger partial charge in [-0.3, -0.25) is 4.79 Å². The van der Waals surface area contributed by atoms with Crippen molar-refractivity contribution in [2.24, 2.45) is 0 Å². The Morgan fingerprint density at radius 1 is 1.18 bits per heavy atom. The number of carbonyl (C=O) groups is 1. The summed E-state index contributed by atoms with van der Waals surface area (Å²) >= 11 is 1.19. The third kappa shape index (κ3) is 3.64. The lowest BCUT2D eigenvalue weighted by molar-refractivity contribution is -0.129. The van der Waals surface area contributed by atoms with Crippen molar-refractivity contribution in [2.75, 3.05) is 6.54 Å². The monoisotopic (exact) mass is 411 g/mol. The molecule has 0 saturated carbocycles. The smallest absolute Gasteiger partial charge is 0.250 e. The van der Waals surface area contributed by atoms with Crippen molar-refractivity contribution in [3.8, 4) is 6.07 Å². The first-order valence-corrected chi connectivity index (χ1v) is 11.0. The Labute approximate surface area is 167 Å². The number of nitrogens with one attached hydrogen (secondary N) is 1. The molecule has 0 spiro atoms. The van der Waals surface area contributed by atoms with Gasteiger partial charge < -0.3 is 4.90 Å². The van der Waals surface area contributed by atoms with Crippen LogP contribution in [-0.4, -0.2) is 31.8 Å². The van der Waals surface area contributed by atoms with Gasteiger partial charge >= 0.3 is 0 Å². The molecule has 4 rings (SSSR count). The molecule has 3 aromatic rings. The molecule has 1 aliphatic rings. The zero-order chi connectivity index (χ0) is 19.7. The van der Waals surface area contributed by atoms with Gasteiger partial charge in [0.15, 0.2) is 0 Å². The second-order valence-electron chi connectivity index (χ2n) is 6.64. The van der Waals surface area contributed by atoms with Crippen LogP contribution in [0.5, 0.6) is 0 Å². The molecule has 1 aliphatic heterocycles. The maximum absolute atomic E-state index is 12.7. The van der Waals surface area contributed by atoms with Gasteiger partial charge in [0.25, 0.3) is 10.0 Å². The number of fused-ring (bicyclic) bond motifs is 1. The van der Waals surface area contributed by atoms with Gasteiger partial charge in [-0.2, -0.15) is 9.98 Å². The summed E-state index contributed by atoms with van der Waals surface area (Å²) in [6.45, 7) is 0.824. The van der Waals surface area contributed by atoms with Gasteiger partial charge in [-0.25, -0.2) is 8.42 Å². The average molecular weight is 412 g/mol. The Morgan fingerprint density at radius 3 is 2.79 bits per heavy atom. The number of hydrogen-bond donors (Lipinski definition) is 1. The Balaban J connectivity index is 1.48. The molecule has 2 heterocycles. The number of rotatable bonds is 5. The third-order valence-electron chi connectivity index (χ3n) is 4.69. The number of sulfonamides is 1. The number of likely N-dealkylation sites (tertiary alicyclic amines) is 1. The van der Waals surface area contributed by atoms with E-state index in [1.165, 1.54) is 11.3 Å². The molecular formula is C20H17N3O3S2. The quantitative estimate of drug-likeness (QED) is 0.699. The fourth-order valence-corrected chi connectivity index (χ4v) is 5.94. The second kappa shape index (κ2) is 7.36. The summed E-state index contributed by atoms with van der Waals surface area (Å²) in [6.07, 6.45) is 0.418. The highest BCUT2D eigenvalue weighted by Crippen LogP contribution is 2.29. The summed E-state index contributed by atoms with van der Waals surface area (Å²) in [4.78, 5) is 14.3. The van der Waals surface area contributed by atoms with E-state index in [4.69, 9.17) is 5.26 Å². The van der Waals surface area contributed by atoms with Crippen molar-refractivity contribution in [3.05, 3.63) is 65.7 Å². The molecule has 1 unspecified atom stereocenters. The van der Waals surface area contributed by atoms with Gasteiger partial charge in [-0.15, -0.1) is 11.3 Å². The van der Waals surface area contributed by atoms with E-state index in [1.807, 2.05) is 30.3 Å². The largest absolute Gasteiger partial charge is 0.337 e. The lowest BCUT2D eigenvalue weighted by Gasteiger charge is -2.17. The predicted molar refractivity (Wildman–Crippen MR) is 107 cm³/mol. The molecule has 0 aliphatic carbocycles. The highest BCUT2D eigenvalue weighted by molar-refractivity contribution is 7.91. The molecule has 1 atom stereocenters. The maximum atomic E-state index is 12.7. The molecule has 2 aromatic carbocycles. The zero-order valence-corrected chi connectivity index (χ0v) is 16.5. The molecule has 0 radical (unpaired) electrons. The van der Waals surface area contributed by atoms with Crippen LogP contribution in [0.4, 0.5) is 0 Å². The van der Waals surface area contributed by atoms with E-state index < -0.39 is 16.1 Å². The van der Waals surface area contributed by atoms with Crippen molar-refractivity contribution in [2.45, 2.75) is 23.2 Å². The van der Waals surface area contributed by atoms with Crippen molar-refractivity contribution in [1.82, 2.24) is 9.62 Å². The number of hydrogen-bond acceptors (Lipinski definition) is 5. The molecule has 6 nitrogen and oxygen atoms in total. The van der Waals surface area contributed by atoms with Crippen molar-refractivity contribution >= 4 is 37.4 Å². The third-order valence-corrected chi connectivity index (χ3v) is 7.75. The first-order valence-electron chi connectivity index (χ1n) is 8.75. The first-order chi connectivity index (χ1) is 13.5. The summed E-state index contributed by atoms with van der Waals surface area (Å²) in [5.41, 5.74) is 1.38. The number of benzene rings is 2. The van der Waals surface area contributed by atoms with E-state index in [0.29, 0.717) is 25.1 Å². The topological polar surface area (TPSA) is 90.3 Å². The first kappa shape index (κ1) is 18.6. The standard InChI is InChI=1S/C20H17N3O3S2/c21-12-14-4-3-5-15(10-14)13-23-9-8-17(20(23)24)22-28(25,26)19-11-16-6-1-2-7-18(16)27-19/h1-7,10-11,17,22H,8-9,13H2. The lowest BCUT2D eigenvalue weighted by atomic mass is 10.1. The van der Waals surface area contributed by atoms with Crippen LogP contribution < -0.4 is 4.72 Å². The minimum Gasteiger partial charge on any atom is -0.337 e. The fraction of sp³-hybridized carbons (Fsp3) is 0.200. The van der Waals surface area contributed by atoms with Gasteiger partial charge in [-0.05, 0) is 41.6 Å². The molecule has 8 heteroatoms. The molecular weight excluding hydrogens is 394 g/mol. The van der Waals surface area contributed by atoms with E-state index in [-0.39, 0.29) is 10.1 Å². The Kier molecular flexibility index (Phi) is 4.89. The highest BCUT2D eigenvalue weighted by Gasteiger charge is 2.35. The number of carbonyl (C=O) groups excluding carboxylic acids is 1. The van der Waals surface area contributed by atoms with Gasteiger partial charge in [0.1, 0.15) is 10.3 Å². The van der Waals surface area contributed by atoms with Crippen LogP contribution in [0.3, 0.4) is 0 Å². The van der Waals surface area contributed by atoms with E-state index in [1.54, 1.807) is 29.2 Å². The summed E-state index contributed by atoms with van der Waals surface area (Å²) in [5.74, 6) is -0.243. The zero-order valence-electron chi connectivity index (χ0n) is 14.8. The van der Waals surface area contributed by atoms with E-state index in [2.05, 4.69) is 10.8 Å². The Morgan fingerprint density at radius 2 is 2.00 bits per heavy atom. The van der Waals surface area contributed by atoms with Gasteiger partial charge in [-0.1, -0.05) is 30.3 Å². The van der Waals surface area contributed by atoms with Crippen LogP contribution in [0, 0.1) is 11.3 Å². The summed E-state index contributed by atoms with van der Waals surface area (Å²) in [7, 11) is -3.77. The minimum absolute atomic E-state index is 0.210. The lowest BCUT2D eigenvalue weighted by Crippen LogP contribution is -2.41. The van der Waals surface area contributed by atoms with Crippen LogP contribution in [0.15, 0.2) is 58.8 Å². The molecule has 1 amide bonds. The predicted octanol–water partition coefficient (Wildman–Crippen LogP) is 2.85. The molecule has 142 valence electrons. The molecule has 1 saturated heterocycles. The van der Waals surface area contributed by atoms with Gasteiger partial charge in [0.05, 0.1) is 11.6 Å². The highest BCUT2D eigenvalue weighted by atomic mass is 32.2. The van der Waals surface area contributed by atoms with Crippen LogP contribution in [-0.2, 0) is 21.4 Å². The van der Waals surface area contributed by atoms with E-state index in [9.17, 15) is 13.2 Å². The number of thiophene rings is 1. The number of amides is 1. The molecule has 0 bridgehead atoms. The van der Waals surface area contributed by atoms with Crippen molar-refractivity contribution in [1.29, 1.82) is 5.26 Å². The molecule has 1 N–H and O–H groups in total. The van der Waals surface area contributed by atoms with Gasteiger partial charge in [0, 0.05) is 17.8 Å². The second-order valence-corrected chi connectivity index (χ2v) is 9.66. The normalized spacial score (nSPS) is 17.2. The SMILES string of the molecule is N#Cc1cccc(CN2CCC(NS(=O)(=O)c3cc4ccccc4s3)C2=O)c1. The molecule has 1 fully saturated rings. The summed E-state index contributed by atoms with van der Waals surface area (Å²) in [5, 5.41) is 9.86. The number of nitrogens with zero attached hydrogens (tertiary/aromatic N) is 2. The maximum Gasteiger partial charge on any atom is 0.250 e. The molecule has 28 heavy (non-hydrogen) atoms. The summed E-state index contributed by atoms with van der Waals surface area (Å²) in [6, 6.07) is 17.5. The van der Waals surface area contributed by atoms with Crippen LogP contribution in [0.2, 0.25) is 0 Å². The van der Waals surface area contributed by atoms with Crippen molar-refractivity contribution < 1.29 is 13.2 Å². The fourth-order valence-electron chi connectivity index (χ4n) is 3.30. The van der Waals surface area contributed by atoms with Crippen LogP contribution in [0.1, 0.15) is 17.5 Å². The number of nitriles is 1. The van der Waals surface area contributed by atoms with E-state index >= 15 is 0 Å². The minimum atomic E-state index is -3.77. The Hall–Kier alpha value is -2.73. The van der Waals surface area contributed by atoms with Gasteiger partial charge in [0.2, 0.25) is 5.91 Å². The average Bonchev–Trinajstić information content (AvgIpc) is 3.27. The van der Waals surface area contributed by atoms with Crippen LogP contribution >= 0.6 is 11.3 Å². The van der Waals surface area contributed by atoms with E-state index in [0.717, 1.165) is 15.6 Å². The summed E-state index contributed by atoms with van der Waals surface area (Å²) < 4.78 is 29.1. The molecule has 1 aromatic heterocycles. The Bertz CT molecular complexity index is 1160. The van der Waals surface area contributed by atoms with Crippen LogP contribution in [0.25, 0.3) is 10.1 Å².